The number of nitrogens with zero attached hydrogens (tertiary/aromatic N) is 1. The summed E-state index contributed by atoms with van der Waals surface area (Å²) in [7, 11) is -2.53. The molecule has 0 heterocycles. The zero-order valence-corrected chi connectivity index (χ0v) is 13.0. The number of sulfonamides is 1. The van der Waals surface area contributed by atoms with Gasteiger partial charge in [0.05, 0.1) is 16.4 Å². The quantitative estimate of drug-likeness (QED) is 0.591. The molecule has 0 aliphatic rings. The second-order valence-electron chi connectivity index (χ2n) is 4.52. The van der Waals surface area contributed by atoms with Gasteiger partial charge >= 0.3 is 0 Å². The lowest BCUT2D eigenvalue weighted by atomic mass is 10.2. The molecule has 0 amide bonds. The minimum absolute atomic E-state index is 0.0704. The third-order valence-corrected chi connectivity index (χ3v) is 4.42. The van der Waals surface area contributed by atoms with Crippen molar-refractivity contribution in [1.82, 2.24) is 4.72 Å². The topological polar surface area (TPSA) is 111 Å². The molecule has 2 aromatic rings. The van der Waals surface area contributed by atoms with E-state index >= 15 is 0 Å². The molecule has 23 heavy (non-hydrogen) atoms. The third-order valence-electron chi connectivity index (χ3n) is 3.01. The fourth-order valence-corrected chi connectivity index (χ4v) is 2.55. The Hall–Kier alpha value is -2.49. The molecule has 8 nitrogen and oxygen atoms in total. The van der Waals surface area contributed by atoms with E-state index in [9.17, 15) is 18.5 Å². The number of nitro groups is 1. The molecular formula is C14H15N3O5S. The fourth-order valence-electron chi connectivity index (χ4n) is 1.81. The summed E-state index contributed by atoms with van der Waals surface area (Å²) in [6, 6.07) is 12.8. The summed E-state index contributed by atoms with van der Waals surface area (Å²) in [4.78, 5) is 15.5. The van der Waals surface area contributed by atoms with Gasteiger partial charge in [0.25, 0.3) is 5.69 Å². The molecule has 0 aliphatic carbocycles. The third kappa shape index (κ3) is 4.25. The van der Waals surface area contributed by atoms with Crippen LogP contribution in [0.15, 0.2) is 53.4 Å². The molecule has 2 rings (SSSR count). The minimum atomic E-state index is -3.76. The molecule has 0 atom stereocenters. The maximum Gasteiger partial charge on any atom is 0.295 e. The highest BCUT2D eigenvalue weighted by molar-refractivity contribution is 7.89. The van der Waals surface area contributed by atoms with Gasteiger partial charge in [0.15, 0.2) is 0 Å². The van der Waals surface area contributed by atoms with Crippen molar-refractivity contribution in [1.29, 1.82) is 0 Å². The van der Waals surface area contributed by atoms with Gasteiger partial charge in [-0.2, -0.15) is 0 Å². The second-order valence-corrected chi connectivity index (χ2v) is 6.41. The molecule has 0 unspecified atom stereocenters. The van der Waals surface area contributed by atoms with E-state index in [1.54, 1.807) is 0 Å². The highest BCUT2D eigenvalue weighted by atomic mass is 32.2. The van der Waals surface area contributed by atoms with Crippen LogP contribution in [0.25, 0.3) is 0 Å². The van der Waals surface area contributed by atoms with Crippen molar-refractivity contribution in [2.45, 2.75) is 11.5 Å². The van der Waals surface area contributed by atoms with Gasteiger partial charge in [-0.1, -0.05) is 30.3 Å². The maximum absolute atomic E-state index is 11.7. The Morgan fingerprint density at radius 1 is 1.17 bits per heavy atom. The first-order valence-corrected chi connectivity index (χ1v) is 8.06. The van der Waals surface area contributed by atoms with Crippen LogP contribution in [-0.4, -0.2) is 20.4 Å². The Bertz CT molecular complexity index is 793. The number of hydrogen-bond acceptors (Lipinski definition) is 6. The molecular weight excluding hydrogens is 322 g/mol. The van der Waals surface area contributed by atoms with Gasteiger partial charge in [-0.25, -0.2) is 13.1 Å². The smallest absolute Gasteiger partial charge is 0.271 e. The van der Waals surface area contributed by atoms with E-state index in [1.165, 1.54) is 19.2 Å². The van der Waals surface area contributed by atoms with Crippen LogP contribution in [0.5, 0.6) is 0 Å². The lowest BCUT2D eigenvalue weighted by Crippen LogP contribution is -2.18. The Morgan fingerprint density at radius 2 is 1.87 bits per heavy atom. The summed E-state index contributed by atoms with van der Waals surface area (Å²) < 4.78 is 25.5. The van der Waals surface area contributed by atoms with Crippen LogP contribution < -0.4 is 10.2 Å². The van der Waals surface area contributed by atoms with Gasteiger partial charge in [-0.3, -0.25) is 20.4 Å². The van der Waals surface area contributed by atoms with E-state index in [-0.39, 0.29) is 17.2 Å². The number of nitro benzene ring substituents is 1. The minimum Gasteiger partial charge on any atom is -0.271 e. The van der Waals surface area contributed by atoms with Crippen LogP contribution in [0.1, 0.15) is 5.56 Å². The Kier molecular flexibility index (Phi) is 5.27. The zero-order valence-electron chi connectivity index (χ0n) is 12.2. The van der Waals surface area contributed by atoms with Gasteiger partial charge in [0.2, 0.25) is 10.0 Å². The molecule has 0 aromatic heterocycles. The SMILES string of the molecule is CNS(=O)(=O)c1ccc(NOCc2ccccc2)c([N+](=O)[O-])c1. The molecule has 0 fully saturated rings. The van der Waals surface area contributed by atoms with E-state index in [4.69, 9.17) is 4.84 Å². The molecule has 0 radical (unpaired) electrons. The Balaban J connectivity index is 2.17. The Labute approximate surface area is 133 Å². The van der Waals surface area contributed by atoms with Crippen LogP contribution in [0, 0.1) is 10.1 Å². The summed E-state index contributed by atoms with van der Waals surface area (Å²) in [6.07, 6.45) is 0. The normalized spacial score (nSPS) is 11.2. The molecule has 2 N–H and O–H groups in total. The van der Waals surface area contributed by atoms with Crippen LogP contribution >= 0.6 is 0 Å². The lowest BCUT2D eigenvalue weighted by Gasteiger charge is -2.09. The van der Waals surface area contributed by atoms with Gasteiger partial charge in [0, 0.05) is 6.07 Å². The van der Waals surface area contributed by atoms with Crippen molar-refractivity contribution in [3.63, 3.8) is 0 Å². The van der Waals surface area contributed by atoms with Crippen molar-refractivity contribution >= 4 is 21.4 Å². The summed E-state index contributed by atoms with van der Waals surface area (Å²) in [5.41, 5.74) is 3.05. The molecule has 0 bridgehead atoms. The molecule has 0 aliphatic heterocycles. The van der Waals surface area contributed by atoms with Gasteiger partial charge in [-0.05, 0) is 24.7 Å². The van der Waals surface area contributed by atoms with Crippen molar-refractivity contribution < 1.29 is 18.2 Å². The first-order valence-electron chi connectivity index (χ1n) is 6.58. The molecule has 122 valence electrons. The number of rotatable bonds is 7. The predicted octanol–water partition coefficient (Wildman–Crippen LogP) is 2.05. The second kappa shape index (κ2) is 7.18. The standard InChI is InChI=1S/C14H15N3O5S/c1-15-23(20,21)12-7-8-13(14(9-12)17(18)19)16-22-10-11-5-3-2-4-6-11/h2-9,15-16H,10H2,1H3. The Morgan fingerprint density at radius 3 is 2.48 bits per heavy atom. The number of nitrogens with one attached hydrogen (secondary N) is 2. The summed E-state index contributed by atoms with van der Waals surface area (Å²) in [5, 5.41) is 11.1. The van der Waals surface area contributed by atoms with Crippen molar-refractivity contribution in [2.75, 3.05) is 12.5 Å². The fraction of sp³-hybridized carbons (Fsp3) is 0.143. The van der Waals surface area contributed by atoms with Crippen LogP contribution in [0.2, 0.25) is 0 Å². The monoisotopic (exact) mass is 337 g/mol. The number of benzene rings is 2. The van der Waals surface area contributed by atoms with Gasteiger partial charge in [0.1, 0.15) is 5.69 Å². The average Bonchev–Trinajstić information content (AvgIpc) is 2.55. The van der Waals surface area contributed by atoms with E-state index in [1.807, 2.05) is 30.3 Å². The maximum atomic E-state index is 11.7. The molecule has 9 heteroatoms. The van der Waals surface area contributed by atoms with Crippen LogP contribution in [-0.2, 0) is 21.5 Å². The first-order chi connectivity index (χ1) is 10.9. The molecule has 0 saturated carbocycles. The molecule has 0 spiro atoms. The number of hydrogen-bond donors (Lipinski definition) is 2. The first kappa shape index (κ1) is 16.9. The van der Waals surface area contributed by atoms with E-state index in [0.717, 1.165) is 11.6 Å². The highest BCUT2D eigenvalue weighted by Gasteiger charge is 2.20. The number of anilines is 1. The van der Waals surface area contributed by atoms with E-state index < -0.39 is 20.6 Å². The summed E-state index contributed by atoms with van der Waals surface area (Å²) in [6.45, 7) is 0.203. The van der Waals surface area contributed by atoms with Crippen molar-refractivity contribution in [3.05, 3.63) is 64.2 Å². The summed E-state index contributed by atoms with van der Waals surface area (Å²) in [5.74, 6) is 0. The van der Waals surface area contributed by atoms with Crippen molar-refractivity contribution in [2.24, 2.45) is 0 Å². The van der Waals surface area contributed by atoms with E-state index in [2.05, 4.69) is 10.2 Å². The molecule has 0 saturated heterocycles. The molecule has 2 aromatic carbocycles. The van der Waals surface area contributed by atoms with E-state index in [0.29, 0.717) is 0 Å². The zero-order chi connectivity index (χ0) is 16.9. The largest absolute Gasteiger partial charge is 0.295 e. The average molecular weight is 337 g/mol. The van der Waals surface area contributed by atoms with Crippen LogP contribution in [0.3, 0.4) is 0 Å². The van der Waals surface area contributed by atoms with Crippen LogP contribution in [0.4, 0.5) is 11.4 Å². The van der Waals surface area contributed by atoms with Crippen molar-refractivity contribution in [3.8, 4) is 0 Å². The predicted molar refractivity (Wildman–Crippen MR) is 84.2 cm³/mol. The lowest BCUT2D eigenvalue weighted by molar-refractivity contribution is -0.384. The summed E-state index contributed by atoms with van der Waals surface area (Å²) >= 11 is 0. The van der Waals surface area contributed by atoms with Gasteiger partial charge < -0.3 is 0 Å². The van der Waals surface area contributed by atoms with Gasteiger partial charge in [-0.15, -0.1) is 0 Å². The highest BCUT2D eigenvalue weighted by Crippen LogP contribution is 2.27.